The third-order valence-electron chi connectivity index (χ3n) is 5.93. The van der Waals surface area contributed by atoms with Gasteiger partial charge in [0.05, 0.1) is 16.8 Å². The Hall–Kier alpha value is -3.86. The monoisotopic (exact) mass is 607 g/mol. The largest absolute Gasteiger partial charge is 0.417 e. The molecule has 1 atom stereocenters. The minimum Gasteiger partial charge on any atom is -0.322 e. The summed E-state index contributed by atoms with van der Waals surface area (Å²) in [6.07, 6.45) is -8.91. The third-order valence-corrected chi connectivity index (χ3v) is 6.43. The molecule has 11 heteroatoms. The van der Waals surface area contributed by atoms with Crippen LogP contribution in [-0.2, 0) is 24.3 Å². The number of pyridine rings is 1. The molecule has 0 spiro atoms. The van der Waals surface area contributed by atoms with E-state index in [4.69, 9.17) is 0 Å². The van der Waals surface area contributed by atoms with Gasteiger partial charge in [0.2, 0.25) is 0 Å². The van der Waals surface area contributed by atoms with Gasteiger partial charge < -0.3 is 10.6 Å². The lowest BCUT2D eigenvalue weighted by Gasteiger charge is -2.36. The maximum Gasteiger partial charge on any atom is 0.417 e. The van der Waals surface area contributed by atoms with Crippen molar-refractivity contribution in [1.29, 1.82) is 0 Å². The molecule has 0 radical (unpaired) electrons. The van der Waals surface area contributed by atoms with Gasteiger partial charge in [0.15, 0.2) is 0 Å². The Morgan fingerprint density at radius 1 is 0.744 bits per heavy atom. The summed E-state index contributed by atoms with van der Waals surface area (Å²) in [6.45, 7) is 0. The number of nitrogens with one attached hydrogen (secondary N) is 2. The summed E-state index contributed by atoms with van der Waals surface area (Å²) in [4.78, 5) is 17.3. The molecule has 4 nitrogen and oxygen atoms in total. The molecule has 2 amide bonds. The van der Waals surface area contributed by atoms with Crippen molar-refractivity contribution in [3.63, 3.8) is 0 Å². The fraction of sp³-hybridized carbons (Fsp3) is 0.143. The smallest absolute Gasteiger partial charge is 0.322 e. The number of alkyl halides is 6. The number of urea groups is 1. The van der Waals surface area contributed by atoms with Crippen LogP contribution in [0.3, 0.4) is 0 Å². The number of anilines is 1. The van der Waals surface area contributed by atoms with Gasteiger partial charge in [0, 0.05) is 22.8 Å². The molecule has 3 aromatic carbocycles. The molecule has 39 heavy (non-hydrogen) atoms. The molecule has 0 fully saturated rings. The fourth-order valence-electron chi connectivity index (χ4n) is 4.12. The average molecular weight is 608 g/mol. The van der Waals surface area contributed by atoms with E-state index in [0.717, 1.165) is 24.3 Å². The van der Waals surface area contributed by atoms with Crippen LogP contribution in [-0.4, -0.2) is 11.0 Å². The molecule has 4 rings (SSSR count). The van der Waals surface area contributed by atoms with E-state index in [1.807, 2.05) is 0 Å². The average Bonchev–Trinajstić information content (AvgIpc) is 2.88. The molecule has 0 saturated carbocycles. The Morgan fingerprint density at radius 3 is 2.03 bits per heavy atom. The van der Waals surface area contributed by atoms with Crippen LogP contribution >= 0.6 is 15.9 Å². The number of rotatable bonds is 6. The number of hydrogen-bond donors (Lipinski definition) is 2. The van der Waals surface area contributed by atoms with E-state index in [1.54, 1.807) is 54.6 Å². The summed E-state index contributed by atoms with van der Waals surface area (Å²) < 4.78 is 81.7. The van der Waals surface area contributed by atoms with Gasteiger partial charge in [-0.15, -0.1) is 0 Å². The van der Waals surface area contributed by atoms with Gasteiger partial charge in [-0.3, -0.25) is 4.98 Å². The number of nitrogens with zero attached hydrogens (tertiary/aromatic N) is 1. The number of halogens is 7. The summed E-state index contributed by atoms with van der Waals surface area (Å²) in [7, 11) is 0. The highest BCUT2D eigenvalue weighted by atomic mass is 79.9. The quantitative estimate of drug-likeness (QED) is 0.217. The summed E-state index contributed by atoms with van der Waals surface area (Å²) in [5, 5.41) is 5.37. The number of amides is 2. The molecule has 2 N–H and O–H groups in total. The zero-order valence-electron chi connectivity index (χ0n) is 19.9. The predicted octanol–water partition coefficient (Wildman–Crippen LogP) is 8.19. The maximum atomic E-state index is 13.7. The van der Waals surface area contributed by atoms with Crippen LogP contribution in [0.25, 0.3) is 0 Å². The van der Waals surface area contributed by atoms with Crippen LogP contribution in [0.1, 0.15) is 27.9 Å². The molecule has 0 aliphatic heterocycles. The predicted molar refractivity (Wildman–Crippen MR) is 138 cm³/mol. The van der Waals surface area contributed by atoms with Crippen LogP contribution < -0.4 is 10.6 Å². The molecule has 4 aromatic rings. The number of carbonyl (C=O) groups is 1. The van der Waals surface area contributed by atoms with Gasteiger partial charge in [-0.25, -0.2) is 4.79 Å². The van der Waals surface area contributed by atoms with E-state index >= 15 is 0 Å². The Bertz CT molecular complexity index is 1440. The second kappa shape index (κ2) is 11.1. The highest BCUT2D eigenvalue weighted by Crippen LogP contribution is 2.38. The highest BCUT2D eigenvalue weighted by Gasteiger charge is 2.41. The molecule has 1 aromatic heterocycles. The third kappa shape index (κ3) is 6.78. The Morgan fingerprint density at radius 2 is 1.41 bits per heavy atom. The second-order valence-corrected chi connectivity index (χ2v) is 9.58. The molecule has 202 valence electrons. The van der Waals surface area contributed by atoms with Crippen LogP contribution in [0.2, 0.25) is 0 Å². The van der Waals surface area contributed by atoms with Crippen molar-refractivity contribution in [3.8, 4) is 0 Å². The second-order valence-electron chi connectivity index (χ2n) is 8.67. The number of benzene rings is 3. The summed E-state index contributed by atoms with van der Waals surface area (Å²) in [5.74, 6) is 0. The maximum absolute atomic E-state index is 13.7. The van der Waals surface area contributed by atoms with Crippen molar-refractivity contribution in [3.05, 3.63) is 130 Å². The van der Waals surface area contributed by atoms with Gasteiger partial charge in [-0.05, 0) is 53.6 Å². The van der Waals surface area contributed by atoms with Crippen LogP contribution in [0, 0.1) is 0 Å². The summed E-state index contributed by atoms with van der Waals surface area (Å²) in [6, 6.07) is 20.5. The van der Waals surface area contributed by atoms with Crippen molar-refractivity contribution in [2.45, 2.75) is 24.3 Å². The molecular formula is C28H20BrF6N3O. The van der Waals surface area contributed by atoms with Gasteiger partial charge >= 0.3 is 18.4 Å². The van der Waals surface area contributed by atoms with E-state index in [2.05, 4.69) is 31.5 Å². The zero-order valence-corrected chi connectivity index (χ0v) is 21.5. The molecule has 1 heterocycles. The molecule has 0 aliphatic rings. The van der Waals surface area contributed by atoms with Crippen LogP contribution in [0.15, 0.2) is 102 Å². The lowest BCUT2D eigenvalue weighted by atomic mass is 9.79. The summed E-state index contributed by atoms with van der Waals surface area (Å²) in [5.41, 5.74) is -2.94. The zero-order chi connectivity index (χ0) is 28.3. The number of aromatic nitrogens is 1. The molecule has 0 bridgehead atoms. The Kier molecular flexibility index (Phi) is 8.01. The van der Waals surface area contributed by atoms with Gasteiger partial charge in [-0.1, -0.05) is 64.5 Å². The fourth-order valence-corrected chi connectivity index (χ4v) is 4.52. The van der Waals surface area contributed by atoms with Gasteiger partial charge in [0.25, 0.3) is 0 Å². The first kappa shape index (κ1) is 28.2. The lowest BCUT2D eigenvalue weighted by molar-refractivity contribution is -0.138. The van der Waals surface area contributed by atoms with E-state index in [1.165, 1.54) is 12.1 Å². The lowest BCUT2D eigenvalue weighted by Crippen LogP contribution is -2.50. The minimum absolute atomic E-state index is 0.0159. The van der Waals surface area contributed by atoms with Crippen molar-refractivity contribution in [2.24, 2.45) is 0 Å². The van der Waals surface area contributed by atoms with Crippen molar-refractivity contribution < 1.29 is 31.1 Å². The van der Waals surface area contributed by atoms with Gasteiger partial charge in [0.1, 0.15) is 5.54 Å². The first-order valence-electron chi connectivity index (χ1n) is 11.5. The minimum atomic E-state index is -4.71. The standard InChI is InChI=1S/C28H20BrF6N3O/c29-22-10-5-11-23(15-22)37-25(39)38-26(16-18-6-2-1-3-7-18,19-8-4-9-20(14-19)27(30,31)32)24-13-12-21(17-36-24)28(33,34)35/h1-15,17H,16H2,(H2,37,38,39). The van der Waals surface area contributed by atoms with Crippen LogP contribution in [0.5, 0.6) is 0 Å². The van der Waals surface area contributed by atoms with Crippen LogP contribution in [0.4, 0.5) is 36.8 Å². The van der Waals surface area contributed by atoms with Crippen molar-refractivity contribution >= 4 is 27.6 Å². The first-order chi connectivity index (χ1) is 18.4. The topological polar surface area (TPSA) is 54.0 Å². The molecule has 0 aliphatic carbocycles. The summed E-state index contributed by atoms with van der Waals surface area (Å²) >= 11 is 3.30. The normalized spacial score (nSPS) is 13.4. The van der Waals surface area contributed by atoms with Crippen molar-refractivity contribution in [1.82, 2.24) is 10.3 Å². The highest BCUT2D eigenvalue weighted by molar-refractivity contribution is 9.10. The molecule has 0 saturated heterocycles. The number of carbonyl (C=O) groups excluding carboxylic acids is 1. The Balaban J connectivity index is 1.90. The van der Waals surface area contributed by atoms with Crippen molar-refractivity contribution in [2.75, 3.05) is 5.32 Å². The van der Waals surface area contributed by atoms with E-state index < -0.39 is 35.0 Å². The van der Waals surface area contributed by atoms with E-state index in [0.29, 0.717) is 21.9 Å². The Labute approximate surface area is 228 Å². The number of hydrogen-bond acceptors (Lipinski definition) is 2. The van der Waals surface area contributed by atoms with Gasteiger partial charge in [-0.2, -0.15) is 26.3 Å². The van der Waals surface area contributed by atoms with E-state index in [-0.39, 0.29) is 17.7 Å². The molecule has 1 unspecified atom stereocenters. The SMILES string of the molecule is O=C(Nc1cccc(Br)c1)NC(Cc1ccccc1)(c1cccc(C(F)(F)F)c1)c1ccc(C(F)(F)F)cn1. The van der Waals surface area contributed by atoms with E-state index in [9.17, 15) is 31.1 Å². The first-order valence-corrected chi connectivity index (χ1v) is 12.3. The molecular weight excluding hydrogens is 588 g/mol.